The highest BCUT2D eigenvalue weighted by molar-refractivity contribution is 6.32. The van der Waals surface area contributed by atoms with Crippen LogP contribution in [0.25, 0.3) is 0 Å². The molecule has 0 unspecified atom stereocenters. The van der Waals surface area contributed by atoms with Crippen LogP contribution in [-0.2, 0) is 11.3 Å². The van der Waals surface area contributed by atoms with E-state index < -0.39 is 5.97 Å². The lowest BCUT2D eigenvalue weighted by Crippen LogP contribution is -2.06. The molecule has 0 saturated carbocycles. The van der Waals surface area contributed by atoms with Gasteiger partial charge in [-0.1, -0.05) is 34.8 Å². The molecule has 0 saturated heterocycles. The first-order valence-corrected chi connectivity index (χ1v) is 6.95. The highest BCUT2D eigenvalue weighted by Gasteiger charge is 2.14. The molecule has 0 aliphatic heterocycles. The number of hydrogen-bond donors (Lipinski definition) is 0. The maximum absolute atomic E-state index is 11.7. The summed E-state index contributed by atoms with van der Waals surface area (Å²) in [6.45, 7) is 0.174. The van der Waals surface area contributed by atoms with Gasteiger partial charge in [0.15, 0.2) is 0 Å². The van der Waals surface area contributed by atoms with Crippen molar-refractivity contribution in [3.63, 3.8) is 0 Å². The second kappa shape index (κ2) is 6.98. The predicted octanol–water partition coefficient (Wildman–Crippen LogP) is 4.41. The third kappa shape index (κ3) is 4.24. The van der Waals surface area contributed by atoms with E-state index >= 15 is 0 Å². The van der Waals surface area contributed by atoms with Crippen molar-refractivity contribution in [3.05, 3.63) is 56.8 Å². The van der Waals surface area contributed by atoms with Crippen molar-refractivity contribution in [3.8, 4) is 5.75 Å². The fourth-order valence-corrected chi connectivity index (χ4v) is 2.33. The number of carbonyl (C=O) groups excluding carboxylic acids is 1. The number of halogens is 3. The van der Waals surface area contributed by atoms with Gasteiger partial charge in [0.2, 0.25) is 0 Å². The molecule has 0 atom stereocenters. The number of pyridine rings is 1. The first kappa shape index (κ1) is 15.9. The van der Waals surface area contributed by atoms with Crippen molar-refractivity contribution in [1.29, 1.82) is 0 Å². The Hall–Kier alpha value is -1.49. The first-order chi connectivity index (χ1) is 9.99. The van der Waals surface area contributed by atoms with Gasteiger partial charge in [-0.25, -0.2) is 9.78 Å². The van der Waals surface area contributed by atoms with Crippen LogP contribution in [0.5, 0.6) is 5.75 Å². The van der Waals surface area contributed by atoms with E-state index in [9.17, 15) is 4.79 Å². The van der Waals surface area contributed by atoms with Gasteiger partial charge in [0, 0.05) is 5.02 Å². The molecule has 0 aliphatic carbocycles. The molecule has 4 nitrogen and oxygen atoms in total. The van der Waals surface area contributed by atoms with E-state index in [-0.39, 0.29) is 22.5 Å². The summed E-state index contributed by atoms with van der Waals surface area (Å²) in [4.78, 5) is 15.5. The van der Waals surface area contributed by atoms with E-state index in [4.69, 9.17) is 44.3 Å². The average Bonchev–Trinajstić information content (AvgIpc) is 2.44. The summed E-state index contributed by atoms with van der Waals surface area (Å²) < 4.78 is 10.3. The number of carbonyl (C=O) groups is 1. The van der Waals surface area contributed by atoms with Gasteiger partial charge in [-0.05, 0) is 35.9 Å². The summed E-state index contributed by atoms with van der Waals surface area (Å²) >= 11 is 17.5. The van der Waals surface area contributed by atoms with Crippen molar-refractivity contribution in [2.75, 3.05) is 7.11 Å². The van der Waals surface area contributed by atoms with Crippen molar-refractivity contribution < 1.29 is 14.3 Å². The quantitative estimate of drug-likeness (QED) is 0.608. The van der Waals surface area contributed by atoms with E-state index in [2.05, 4.69) is 4.98 Å². The van der Waals surface area contributed by atoms with Crippen LogP contribution < -0.4 is 4.74 Å². The first-order valence-electron chi connectivity index (χ1n) is 5.82. The molecule has 1 heterocycles. The molecule has 2 rings (SSSR count). The molecule has 1 aromatic heterocycles. The summed E-state index contributed by atoms with van der Waals surface area (Å²) in [6, 6.07) is 7.95. The van der Waals surface area contributed by atoms with Crippen LogP contribution in [0, 0.1) is 0 Å². The fraction of sp³-hybridized carbons (Fsp3) is 0.143. The summed E-state index contributed by atoms with van der Waals surface area (Å²) in [7, 11) is 1.29. The Morgan fingerprint density at radius 1 is 1.14 bits per heavy atom. The van der Waals surface area contributed by atoms with Crippen LogP contribution in [0.2, 0.25) is 15.3 Å². The van der Waals surface area contributed by atoms with Gasteiger partial charge in [0.25, 0.3) is 0 Å². The molecular weight excluding hydrogens is 337 g/mol. The molecular formula is C14H10Cl3NO3. The third-order valence-corrected chi connectivity index (χ3v) is 3.19. The fourth-order valence-electron chi connectivity index (χ4n) is 1.66. The van der Waals surface area contributed by atoms with Crippen LogP contribution in [0.4, 0.5) is 0 Å². The van der Waals surface area contributed by atoms with Crippen LogP contribution in [0.15, 0.2) is 30.3 Å². The SMILES string of the molecule is COC(=O)c1cc(Cl)ccc1OCc1cc(Cl)nc(Cl)c1. The number of methoxy groups -OCH3 is 1. The van der Waals surface area contributed by atoms with Gasteiger partial charge in [-0.15, -0.1) is 0 Å². The maximum atomic E-state index is 11.7. The summed E-state index contributed by atoms with van der Waals surface area (Å²) in [6.07, 6.45) is 0. The van der Waals surface area contributed by atoms with Gasteiger partial charge in [-0.2, -0.15) is 0 Å². The van der Waals surface area contributed by atoms with E-state index in [0.29, 0.717) is 10.8 Å². The topological polar surface area (TPSA) is 48.4 Å². The van der Waals surface area contributed by atoms with Crippen LogP contribution in [-0.4, -0.2) is 18.1 Å². The van der Waals surface area contributed by atoms with Crippen molar-refractivity contribution in [1.82, 2.24) is 4.98 Å². The minimum absolute atomic E-state index is 0.174. The Bertz CT molecular complexity index is 656. The molecule has 2 aromatic rings. The second-order valence-electron chi connectivity index (χ2n) is 4.04. The summed E-state index contributed by atoms with van der Waals surface area (Å²) in [5.74, 6) is -0.173. The van der Waals surface area contributed by atoms with Crippen LogP contribution in [0.1, 0.15) is 15.9 Å². The number of esters is 1. The highest BCUT2D eigenvalue weighted by Crippen LogP contribution is 2.25. The van der Waals surface area contributed by atoms with Gasteiger partial charge >= 0.3 is 5.97 Å². The largest absolute Gasteiger partial charge is 0.488 e. The zero-order valence-corrected chi connectivity index (χ0v) is 13.2. The Balaban J connectivity index is 2.21. The smallest absolute Gasteiger partial charge is 0.341 e. The Labute approximate surface area is 136 Å². The van der Waals surface area contributed by atoms with Crippen molar-refractivity contribution in [2.24, 2.45) is 0 Å². The number of nitrogens with zero attached hydrogens (tertiary/aromatic N) is 1. The molecule has 0 radical (unpaired) electrons. The molecule has 21 heavy (non-hydrogen) atoms. The molecule has 110 valence electrons. The predicted molar refractivity (Wildman–Crippen MR) is 81.4 cm³/mol. The molecule has 0 spiro atoms. The normalized spacial score (nSPS) is 10.3. The molecule has 0 bridgehead atoms. The molecule has 0 aliphatic rings. The van der Waals surface area contributed by atoms with Crippen LogP contribution in [0.3, 0.4) is 0 Å². The number of ether oxygens (including phenoxy) is 2. The maximum Gasteiger partial charge on any atom is 0.341 e. The standard InChI is InChI=1S/C14H10Cl3NO3/c1-20-14(19)10-6-9(15)2-3-11(10)21-7-8-4-12(16)18-13(17)5-8/h2-6H,7H2,1H3. The van der Waals surface area contributed by atoms with Gasteiger partial charge in [0.1, 0.15) is 28.2 Å². The Morgan fingerprint density at radius 3 is 2.43 bits per heavy atom. The van der Waals surface area contributed by atoms with Gasteiger partial charge in [-0.3, -0.25) is 0 Å². The lowest BCUT2D eigenvalue weighted by Gasteiger charge is -2.11. The van der Waals surface area contributed by atoms with E-state index in [1.807, 2.05) is 0 Å². The Morgan fingerprint density at radius 2 is 1.81 bits per heavy atom. The molecule has 0 N–H and O–H groups in total. The van der Waals surface area contributed by atoms with E-state index in [0.717, 1.165) is 5.56 Å². The van der Waals surface area contributed by atoms with E-state index in [1.165, 1.54) is 13.2 Å². The summed E-state index contributed by atoms with van der Waals surface area (Å²) in [5.41, 5.74) is 0.974. The monoisotopic (exact) mass is 345 g/mol. The third-order valence-electron chi connectivity index (χ3n) is 2.56. The number of aromatic nitrogens is 1. The van der Waals surface area contributed by atoms with E-state index in [1.54, 1.807) is 24.3 Å². The number of benzene rings is 1. The molecule has 7 heteroatoms. The van der Waals surface area contributed by atoms with Gasteiger partial charge in [0.05, 0.1) is 7.11 Å². The number of rotatable bonds is 4. The van der Waals surface area contributed by atoms with Gasteiger partial charge < -0.3 is 9.47 Å². The minimum atomic E-state index is -0.529. The number of hydrogen-bond acceptors (Lipinski definition) is 4. The molecule has 1 aromatic carbocycles. The minimum Gasteiger partial charge on any atom is -0.488 e. The summed E-state index contributed by atoms with van der Waals surface area (Å²) in [5, 5.41) is 0.952. The van der Waals surface area contributed by atoms with Crippen LogP contribution >= 0.6 is 34.8 Å². The zero-order chi connectivity index (χ0) is 15.4. The van der Waals surface area contributed by atoms with Crippen molar-refractivity contribution in [2.45, 2.75) is 6.61 Å². The lowest BCUT2D eigenvalue weighted by atomic mass is 10.2. The van der Waals surface area contributed by atoms with Crippen molar-refractivity contribution >= 4 is 40.8 Å². The average molecular weight is 347 g/mol. The molecule has 0 amide bonds. The highest BCUT2D eigenvalue weighted by atomic mass is 35.5. The lowest BCUT2D eigenvalue weighted by molar-refractivity contribution is 0.0595. The molecule has 0 fully saturated rings. The second-order valence-corrected chi connectivity index (χ2v) is 5.25. The Kier molecular flexibility index (Phi) is 5.28. The zero-order valence-electron chi connectivity index (χ0n) is 10.9.